The fraction of sp³-hybridized carbons (Fsp3) is 0.143. The number of aryl methyl sites for hydroxylation is 1. The summed E-state index contributed by atoms with van der Waals surface area (Å²) in [5.41, 5.74) is 9.70. The summed E-state index contributed by atoms with van der Waals surface area (Å²) in [7, 11) is 1.93. The first kappa shape index (κ1) is 11.5. The zero-order valence-electron chi connectivity index (χ0n) is 10.9. The molecule has 96 valence electrons. The van der Waals surface area contributed by atoms with Gasteiger partial charge in [-0.15, -0.1) is 0 Å². The highest BCUT2D eigenvalue weighted by Crippen LogP contribution is 2.26. The Balaban J connectivity index is 2.15. The lowest BCUT2D eigenvalue weighted by Gasteiger charge is -2.02. The highest BCUT2D eigenvalue weighted by atomic mass is 15.3. The molecular weight excluding hydrogens is 238 g/mol. The van der Waals surface area contributed by atoms with E-state index in [1.807, 2.05) is 55.1 Å². The maximum atomic E-state index is 6.15. The topological polar surface area (TPSA) is 61.7 Å². The van der Waals surface area contributed by atoms with Crippen LogP contribution in [0, 0.1) is 6.92 Å². The molecule has 3 aromatic rings. The van der Waals surface area contributed by atoms with Crippen LogP contribution in [0.1, 0.15) is 5.56 Å². The molecular formula is C14H15N5. The molecule has 0 fully saturated rings. The number of benzene rings is 1. The Labute approximate surface area is 111 Å². The summed E-state index contributed by atoms with van der Waals surface area (Å²) in [5.74, 6) is 0.645. The lowest BCUT2D eigenvalue weighted by atomic mass is 10.2. The summed E-state index contributed by atoms with van der Waals surface area (Å²) in [4.78, 5) is 4.33. The molecule has 1 aromatic carbocycles. The lowest BCUT2D eigenvalue weighted by Crippen LogP contribution is -2.01. The third kappa shape index (κ3) is 1.89. The van der Waals surface area contributed by atoms with Gasteiger partial charge in [0.05, 0.1) is 12.0 Å². The first-order valence-electron chi connectivity index (χ1n) is 6.05. The van der Waals surface area contributed by atoms with E-state index in [1.54, 1.807) is 11.0 Å². The summed E-state index contributed by atoms with van der Waals surface area (Å²) in [6, 6.07) is 9.85. The minimum Gasteiger partial charge on any atom is -0.383 e. The van der Waals surface area contributed by atoms with Crippen LogP contribution in [0.4, 0.5) is 5.82 Å². The molecule has 19 heavy (non-hydrogen) atoms. The Bertz CT molecular complexity index is 709. The van der Waals surface area contributed by atoms with E-state index in [0.717, 1.165) is 22.6 Å². The quantitative estimate of drug-likeness (QED) is 0.761. The number of nitrogens with zero attached hydrogens (tertiary/aromatic N) is 4. The predicted octanol–water partition coefficient (Wildman–Crippen LogP) is 2.16. The van der Waals surface area contributed by atoms with E-state index in [9.17, 15) is 0 Å². The number of nitrogen functional groups attached to an aromatic ring is 1. The van der Waals surface area contributed by atoms with Crippen LogP contribution in [0.5, 0.6) is 0 Å². The largest absolute Gasteiger partial charge is 0.383 e. The highest BCUT2D eigenvalue weighted by molar-refractivity contribution is 5.66. The van der Waals surface area contributed by atoms with E-state index >= 15 is 0 Å². The van der Waals surface area contributed by atoms with Gasteiger partial charge in [-0.3, -0.25) is 0 Å². The Kier molecular flexibility index (Phi) is 2.59. The minimum atomic E-state index is 0.645. The van der Waals surface area contributed by atoms with Crippen molar-refractivity contribution in [3.05, 3.63) is 48.4 Å². The third-order valence-electron chi connectivity index (χ3n) is 3.12. The molecule has 2 heterocycles. The third-order valence-corrected chi connectivity index (χ3v) is 3.12. The fourth-order valence-corrected chi connectivity index (χ4v) is 2.05. The Morgan fingerprint density at radius 3 is 2.53 bits per heavy atom. The summed E-state index contributed by atoms with van der Waals surface area (Å²) < 4.78 is 3.64. The standard InChI is InChI=1S/C14H15N5/c1-10-13(12-8-18(2)9-16-12)17-19(14(10)15)11-6-4-3-5-7-11/h3-9H,15H2,1-2H3. The van der Waals surface area contributed by atoms with E-state index in [2.05, 4.69) is 10.1 Å². The highest BCUT2D eigenvalue weighted by Gasteiger charge is 2.15. The van der Waals surface area contributed by atoms with Gasteiger partial charge in [0, 0.05) is 18.8 Å². The van der Waals surface area contributed by atoms with E-state index < -0.39 is 0 Å². The van der Waals surface area contributed by atoms with Gasteiger partial charge in [-0.25, -0.2) is 9.67 Å². The van der Waals surface area contributed by atoms with Gasteiger partial charge in [0.2, 0.25) is 0 Å². The van der Waals surface area contributed by atoms with E-state index in [0.29, 0.717) is 5.82 Å². The number of aromatic nitrogens is 4. The van der Waals surface area contributed by atoms with Crippen LogP contribution < -0.4 is 5.73 Å². The van der Waals surface area contributed by atoms with Crippen molar-refractivity contribution in [1.82, 2.24) is 19.3 Å². The average Bonchev–Trinajstić information content (AvgIpc) is 2.97. The second-order valence-corrected chi connectivity index (χ2v) is 4.53. The Morgan fingerprint density at radius 2 is 1.89 bits per heavy atom. The van der Waals surface area contributed by atoms with Gasteiger partial charge in [-0.2, -0.15) is 5.10 Å². The molecule has 0 radical (unpaired) electrons. The first-order valence-corrected chi connectivity index (χ1v) is 6.05. The van der Waals surface area contributed by atoms with Gasteiger partial charge in [0.15, 0.2) is 0 Å². The predicted molar refractivity (Wildman–Crippen MR) is 74.9 cm³/mol. The first-order chi connectivity index (χ1) is 9.16. The van der Waals surface area contributed by atoms with Crippen LogP contribution in [-0.2, 0) is 7.05 Å². The monoisotopic (exact) mass is 253 g/mol. The molecule has 0 saturated heterocycles. The normalized spacial score (nSPS) is 10.8. The maximum Gasteiger partial charge on any atom is 0.130 e. The molecule has 0 spiro atoms. The van der Waals surface area contributed by atoms with Crippen LogP contribution in [0.25, 0.3) is 17.1 Å². The molecule has 3 rings (SSSR count). The molecule has 0 aliphatic carbocycles. The number of imidazole rings is 1. The zero-order chi connectivity index (χ0) is 13.4. The molecule has 2 aromatic heterocycles. The smallest absolute Gasteiger partial charge is 0.130 e. The van der Waals surface area contributed by atoms with Crippen molar-refractivity contribution in [3.8, 4) is 17.1 Å². The zero-order valence-corrected chi connectivity index (χ0v) is 10.9. The average molecular weight is 253 g/mol. The molecule has 5 heteroatoms. The van der Waals surface area contributed by atoms with Crippen LogP contribution in [0.2, 0.25) is 0 Å². The Hall–Kier alpha value is -2.56. The van der Waals surface area contributed by atoms with Crippen molar-refractivity contribution in [2.24, 2.45) is 7.05 Å². The number of anilines is 1. The van der Waals surface area contributed by atoms with E-state index in [-0.39, 0.29) is 0 Å². The molecule has 5 nitrogen and oxygen atoms in total. The number of rotatable bonds is 2. The van der Waals surface area contributed by atoms with Crippen molar-refractivity contribution in [2.75, 3.05) is 5.73 Å². The van der Waals surface area contributed by atoms with Gasteiger partial charge in [-0.1, -0.05) is 18.2 Å². The van der Waals surface area contributed by atoms with Crippen molar-refractivity contribution < 1.29 is 0 Å². The van der Waals surface area contributed by atoms with Gasteiger partial charge < -0.3 is 10.3 Å². The number of nitrogens with two attached hydrogens (primary N) is 1. The molecule has 0 unspecified atom stereocenters. The lowest BCUT2D eigenvalue weighted by molar-refractivity contribution is 0.893. The van der Waals surface area contributed by atoms with Crippen LogP contribution in [-0.4, -0.2) is 19.3 Å². The van der Waals surface area contributed by atoms with Crippen molar-refractivity contribution in [3.63, 3.8) is 0 Å². The summed E-state index contributed by atoms with van der Waals surface area (Å²) in [6.07, 6.45) is 3.69. The molecule has 0 bridgehead atoms. The summed E-state index contributed by atoms with van der Waals surface area (Å²) in [5, 5.41) is 4.58. The van der Waals surface area contributed by atoms with Gasteiger partial charge in [-0.05, 0) is 19.1 Å². The van der Waals surface area contributed by atoms with E-state index in [1.165, 1.54) is 0 Å². The van der Waals surface area contributed by atoms with Gasteiger partial charge in [0.25, 0.3) is 0 Å². The summed E-state index contributed by atoms with van der Waals surface area (Å²) >= 11 is 0. The number of hydrogen-bond donors (Lipinski definition) is 1. The summed E-state index contributed by atoms with van der Waals surface area (Å²) in [6.45, 7) is 1.96. The second-order valence-electron chi connectivity index (χ2n) is 4.53. The second kappa shape index (κ2) is 4.28. The molecule has 0 aliphatic rings. The van der Waals surface area contributed by atoms with Crippen LogP contribution in [0.3, 0.4) is 0 Å². The van der Waals surface area contributed by atoms with Crippen molar-refractivity contribution in [2.45, 2.75) is 6.92 Å². The minimum absolute atomic E-state index is 0.645. The van der Waals surface area contributed by atoms with Crippen LogP contribution in [0.15, 0.2) is 42.9 Å². The molecule has 0 saturated carbocycles. The molecule has 2 N–H and O–H groups in total. The van der Waals surface area contributed by atoms with Gasteiger partial charge in [0.1, 0.15) is 17.2 Å². The fourth-order valence-electron chi connectivity index (χ4n) is 2.05. The molecule has 0 amide bonds. The molecule has 0 aliphatic heterocycles. The Morgan fingerprint density at radius 1 is 1.16 bits per heavy atom. The van der Waals surface area contributed by atoms with Crippen LogP contribution >= 0.6 is 0 Å². The van der Waals surface area contributed by atoms with Crippen molar-refractivity contribution in [1.29, 1.82) is 0 Å². The molecule has 0 atom stereocenters. The van der Waals surface area contributed by atoms with Crippen molar-refractivity contribution >= 4 is 5.82 Å². The maximum absolute atomic E-state index is 6.15. The van der Waals surface area contributed by atoms with Gasteiger partial charge >= 0.3 is 0 Å². The van der Waals surface area contributed by atoms with E-state index in [4.69, 9.17) is 5.73 Å². The number of hydrogen-bond acceptors (Lipinski definition) is 3. The number of para-hydroxylation sites is 1. The SMILES string of the molecule is Cc1c(-c2cn(C)cn2)nn(-c2ccccc2)c1N.